The highest BCUT2D eigenvalue weighted by Crippen LogP contribution is 2.39. The molecule has 6 nitrogen and oxygen atoms in total. The number of alkyl halides is 3. The van der Waals surface area contributed by atoms with E-state index in [2.05, 4.69) is 10.3 Å². The van der Waals surface area contributed by atoms with Crippen molar-refractivity contribution in [2.24, 2.45) is 0 Å². The lowest BCUT2D eigenvalue weighted by atomic mass is 10.0. The van der Waals surface area contributed by atoms with Crippen LogP contribution in [0.15, 0.2) is 42.6 Å². The third kappa shape index (κ3) is 2.97. The lowest BCUT2D eigenvalue weighted by molar-refractivity contribution is -0.136. The van der Waals surface area contributed by atoms with Crippen LogP contribution in [-0.4, -0.2) is 22.9 Å². The first-order valence-electron chi connectivity index (χ1n) is 7.73. The van der Waals surface area contributed by atoms with Gasteiger partial charge in [-0.3, -0.25) is 4.98 Å². The number of hydrogen-bond acceptors (Lipinski definition) is 5. The van der Waals surface area contributed by atoms with Crippen LogP contribution in [0, 0.1) is 0 Å². The summed E-state index contributed by atoms with van der Waals surface area (Å²) in [7, 11) is 0. The van der Waals surface area contributed by atoms with Crippen LogP contribution in [0.3, 0.4) is 0 Å². The van der Waals surface area contributed by atoms with Crippen LogP contribution in [-0.2, 0) is 6.18 Å². The van der Waals surface area contributed by atoms with Crippen molar-refractivity contribution in [1.29, 1.82) is 0 Å². The second-order valence-electron chi connectivity index (χ2n) is 5.74. The van der Waals surface area contributed by atoms with E-state index in [9.17, 15) is 23.1 Å². The molecule has 2 N–H and O–H groups in total. The van der Waals surface area contributed by atoms with Crippen molar-refractivity contribution >= 4 is 28.2 Å². The van der Waals surface area contributed by atoms with Gasteiger partial charge >= 0.3 is 12.1 Å². The summed E-state index contributed by atoms with van der Waals surface area (Å²) in [6.07, 6.45) is -3.71. The molecule has 4 rings (SSSR count). The summed E-state index contributed by atoms with van der Waals surface area (Å²) in [4.78, 5) is 15.3. The van der Waals surface area contributed by atoms with Crippen molar-refractivity contribution in [3.63, 3.8) is 0 Å². The predicted molar refractivity (Wildman–Crippen MR) is 89.6 cm³/mol. The number of aromatic carboxylic acids is 1. The molecule has 1 aliphatic rings. The van der Waals surface area contributed by atoms with Crippen LogP contribution in [0.1, 0.15) is 15.9 Å². The highest BCUT2D eigenvalue weighted by Gasteiger charge is 2.34. The number of carboxylic acids is 1. The number of fused-ring (bicyclic) bond motifs is 2. The lowest BCUT2D eigenvalue weighted by Crippen LogP contribution is -2.09. The van der Waals surface area contributed by atoms with Crippen LogP contribution in [0.4, 0.5) is 24.5 Å². The number of carbonyl (C=O) groups is 1. The second-order valence-corrected chi connectivity index (χ2v) is 5.74. The number of pyridine rings is 1. The molecule has 0 saturated heterocycles. The minimum Gasteiger partial charge on any atom is -0.478 e. The maximum absolute atomic E-state index is 13.3. The van der Waals surface area contributed by atoms with E-state index >= 15 is 0 Å². The van der Waals surface area contributed by atoms with Crippen LogP contribution in [0.25, 0.3) is 10.9 Å². The normalized spacial score (nSPS) is 13.0. The molecule has 2 heterocycles. The zero-order valence-electron chi connectivity index (χ0n) is 13.5. The van der Waals surface area contributed by atoms with Crippen LogP contribution in [0.2, 0.25) is 0 Å². The molecule has 0 atom stereocenters. The number of hydrogen-bond donors (Lipinski definition) is 2. The first kappa shape index (κ1) is 17.0. The fraction of sp³-hybridized carbons (Fsp3) is 0.111. The zero-order valence-corrected chi connectivity index (χ0v) is 13.5. The van der Waals surface area contributed by atoms with Crippen molar-refractivity contribution < 1.29 is 32.5 Å². The summed E-state index contributed by atoms with van der Waals surface area (Å²) in [6, 6.07) is 8.31. The summed E-state index contributed by atoms with van der Waals surface area (Å²) in [5, 5.41) is 12.4. The molecule has 2 aromatic carbocycles. The van der Waals surface area contributed by atoms with E-state index in [0.29, 0.717) is 17.2 Å². The Morgan fingerprint density at radius 1 is 1.15 bits per heavy atom. The molecule has 9 heteroatoms. The number of anilines is 2. The molecule has 0 aliphatic carbocycles. The van der Waals surface area contributed by atoms with E-state index in [0.717, 1.165) is 12.3 Å². The first-order valence-corrected chi connectivity index (χ1v) is 7.73. The lowest BCUT2D eigenvalue weighted by Gasteiger charge is -2.15. The van der Waals surface area contributed by atoms with E-state index in [1.54, 1.807) is 18.2 Å². The number of benzene rings is 2. The van der Waals surface area contributed by atoms with Crippen molar-refractivity contribution in [1.82, 2.24) is 4.98 Å². The molecular formula is C18H11F3N2O4. The minimum absolute atomic E-state index is 0.0115. The van der Waals surface area contributed by atoms with Gasteiger partial charge in [0.2, 0.25) is 6.79 Å². The Balaban J connectivity index is 1.89. The molecule has 1 aromatic heterocycles. The van der Waals surface area contributed by atoms with Gasteiger partial charge in [0.05, 0.1) is 16.8 Å². The summed E-state index contributed by atoms with van der Waals surface area (Å²) < 4.78 is 50.3. The van der Waals surface area contributed by atoms with Gasteiger partial charge in [0, 0.05) is 23.3 Å². The molecule has 3 aromatic rings. The van der Waals surface area contributed by atoms with E-state index in [1.165, 1.54) is 12.1 Å². The maximum Gasteiger partial charge on any atom is 0.418 e. The third-order valence-electron chi connectivity index (χ3n) is 4.08. The number of halogens is 3. The smallest absolute Gasteiger partial charge is 0.418 e. The Hall–Kier alpha value is -3.49. The Morgan fingerprint density at radius 2 is 1.93 bits per heavy atom. The molecule has 0 bridgehead atoms. The van der Waals surface area contributed by atoms with E-state index < -0.39 is 17.7 Å². The first-order chi connectivity index (χ1) is 12.8. The Labute approximate surface area is 150 Å². The summed E-state index contributed by atoms with van der Waals surface area (Å²) in [5.74, 6) is -0.339. The topological polar surface area (TPSA) is 80.7 Å². The van der Waals surface area contributed by atoms with Crippen molar-refractivity contribution in [2.45, 2.75) is 6.18 Å². The second kappa shape index (κ2) is 6.04. The average Bonchev–Trinajstić information content (AvgIpc) is 3.08. The number of nitrogens with zero attached hydrogens (tertiary/aromatic N) is 1. The molecule has 0 fully saturated rings. The fourth-order valence-corrected chi connectivity index (χ4v) is 2.87. The third-order valence-corrected chi connectivity index (χ3v) is 4.08. The van der Waals surface area contributed by atoms with Gasteiger partial charge in [-0.05, 0) is 18.2 Å². The highest BCUT2D eigenvalue weighted by molar-refractivity contribution is 6.06. The van der Waals surface area contributed by atoms with E-state index in [1.807, 2.05) is 0 Å². The molecule has 138 valence electrons. The van der Waals surface area contributed by atoms with Crippen molar-refractivity contribution in [3.05, 3.63) is 53.7 Å². The van der Waals surface area contributed by atoms with Gasteiger partial charge < -0.3 is 19.9 Å². The Morgan fingerprint density at radius 3 is 2.67 bits per heavy atom. The SMILES string of the molecule is O=C(O)c1cnc2c(C(F)(F)F)cccc2c1Nc1ccc2c(c1)OCO2. The zero-order chi connectivity index (χ0) is 19.2. The van der Waals surface area contributed by atoms with Gasteiger partial charge in [0.25, 0.3) is 0 Å². The average molecular weight is 376 g/mol. The number of aromatic nitrogens is 1. The van der Waals surface area contributed by atoms with Crippen LogP contribution < -0.4 is 14.8 Å². The van der Waals surface area contributed by atoms with E-state index in [4.69, 9.17) is 9.47 Å². The Kier molecular flexibility index (Phi) is 3.79. The molecule has 0 radical (unpaired) electrons. The van der Waals surface area contributed by atoms with Crippen molar-refractivity contribution in [2.75, 3.05) is 12.1 Å². The van der Waals surface area contributed by atoms with Gasteiger partial charge in [0.1, 0.15) is 5.56 Å². The van der Waals surface area contributed by atoms with Gasteiger partial charge in [-0.15, -0.1) is 0 Å². The number of ether oxygens (including phenoxy) is 2. The van der Waals surface area contributed by atoms with E-state index in [-0.39, 0.29) is 28.9 Å². The summed E-state index contributed by atoms with van der Waals surface area (Å²) in [6.45, 7) is 0.0618. The molecule has 0 unspecified atom stereocenters. The standard InChI is InChI=1S/C18H11F3N2O4/c19-18(20,21)12-3-1-2-10-15(11(17(24)25)7-22-16(10)12)23-9-4-5-13-14(6-9)27-8-26-13/h1-7H,8H2,(H,22,23)(H,24,25). The number of nitrogens with one attached hydrogen (secondary N) is 1. The van der Waals surface area contributed by atoms with Gasteiger partial charge in [0.15, 0.2) is 11.5 Å². The molecule has 0 amide bonds. The summed E-state index contributed by atoms with van der Waals surface area (Å²) in [5.41, 5.74) is -1.08. The van der Waals surface area contributed by atoms with Crippen LogP contribution >= 0.6 is 0 Å². The van der Waals surface area contributed by atoms with Gasteiger partial charge in [-0.1, -0.05) is 12.1 Å². The monoisotopic (exact) mass is 376 g/mol. The number of para-hydroxylation sites is 1. The molecule has 27 heavy (non-hydrogen) atoms. The highest BCUT2D eigenvalue weighted by atomic mass is 19.4. The maximum atomic E-state index is 13.3. The minimum atomic E-state index is -4.62. The molecular weight excluding hydrogens is 365 g/mol. The predicted octanol–water partition coefficient (Wildman–Crippen LogP) is 4.42. The van der Waals surface area contributed by atoms with Crippen LogP contribution in [0.5, 0.6) is 11.5 Å². The van der Waals surface area contributed by atoms with Gasteiger partial charge in [-0.25, -0.2) is 4.79 Å². The quantitative estimate of drug-likeness (QED) is 0.704. The molecule has 1 aliphatic heterocycles. The summed E-state index contributed by atoms with van der Waals surface area (Å²) >= 11 is 0. The fourth-order valence-electron chi connectivity index (χ4n) is 2.87. The largest absolute Gasteiger partial charge is 0.478 e. The van der Waals surface area contributed by atoms with Crippen molar-refractivity contribution in [3.8, 4) is 11.5 Å². The van der Waals surface area contributed by atoms with Gasteiger partial charge in [-0.2, -0.15) is 13.2 Å². The number of rotatable bonds is 3. The molecule has 0 saturated carbocycles. The molecule has 0 spiro atoms. The Bertz CT molecular complexity index is 1070. The number of carboxylic acid groups (broad SMARTS) is 1.